The highest BCUT2D eigenvalue weighted by Crippen LogP contribution is 2.15. The van der Waals surface area contributed by atoms with Crippen LogP contribution in [0.5, 0.6) is 0 Å². The van der Waals surface area contributed by atoms with Crippen LogP contribution in [0.3, 0.4) is 0 Å². The van der Waals surface area contributed by atoms with Crippen molar-refractivity contribution in [3.8, 4) is 0 Å². The fraction of sp³-hybridized carbons (Fsp3) is 0.316. The van der Waals surface area contributed by atoms with Crippen LogP contribution < -0.4 is 22.1 Å². The summed E-state index contributed by atoms with van der Waals surface area (Å²) in [6.45, 7) is 0.833. The molecular weight excluding hydrogens is 316 g/mol. The summed E-state index contributed by atoms with van der Waals surface area (Å²) >= 11 is 0. The molecule has 0 saturated carbocycles. The summed E-state index contributed by atoms with van der Waals surface area (Å²) in [7, 11) is 1.41. The van der Waals surface area contributed by atoms with E-state index in [1.807, 2.05) is 36.4 Å². The van der Waals surface area contributed by atoms with E-state index in [-0.39, 0.29) is 12.0 Å². The number of methoxy groups -OCH3 is 1. The van der Waals surface area contributed by atoms with Gasteiger partial charge in [0.1, 0.15) is 6.04 Å². The number of nitrogens with two attached hydrogens (primary N) is 2. The van der Waals surface area contributed by atoms with Gasteiger partial charge in [0.2, 0.25) is 0 Å². The Morgan fingerprint density at radius 1 is 0.960 bits per heavy atom. The minimum atomic E-state index is -0.370. The van der Waals surface area contributed by atoms with Crippen molar-refractivity contribution in [2.45, 2.75) is 25.3 Å². The van der Waals surface area contributed by atoms with E-state index in [1.165, 1.54) is 7.11 Å². The van der Waals surface area contributed by atoms with Crippen LogP contribution in [-0.2, 0) is 9.53 Å². The molecule has 2 aromatic rings. The lowest BCUT2D eigenvalue weighted by atomic mass is 10.1. The summed E-state index contributed by atoms with van der Waals surface area (Å²) in [6, 6.07) is 14.6. The van der Waals surface area contributed by atoms with Crippen molar-refractivity contribution in [2.75, 3.05) is 35.8 Å². The van der Waals surface area contributed by atoms with Gasteiger partial charge in [0.25, 0.3) is 0 Å². The van der Waals surface area contributed by atoms with Gasteiger partial charge in [-0.3, -0.25) is 0 Å². The second kappa shape index (κ2) is 9.42. The number of anilines is 4. The number of hydrogen-bond acceptors (Lipinski definition) is 6. The van der Waals surface area contributed by atoms with Gasteiger partial charge < -0.3 is 26.8 Å². The molecule has 0 aromatic heterocycles. The number of carbonyl (C=O) groups is 1. The first-order valence-corrected chi connectivity index (χ1v) is 8.38. The molecule has 6 heteroatoms. The lowest BCUT2D eigenvalue weighted by molar-refractivity contribution is -0.141. The highest BCUT2D eigenvalue weighted by molar-refractivity contribution is 5.79. The zero-order valence-corrected chi connectivity index (χ0v) is 14.5. The largest absolute Gasteiger partial charge is 0.467 e. The van der Waals surface area contributed by atoms with E-state index in [2.05, 4.69) is 10.6 Å². The molecule has 2 aromatic carbocycles. The van der Waals surface area contributed by atoms with Gasteiger partial charge in [-0.05, 0) is 67.8 Å². The first-order chi connectivity index (χ1) is 12.1. The average Bonchev–Trinajstić information content (AvgIpc) is 2.63. The van der Waals surface area contributed by atoms with Gasteiger partial charge in [-0.25, -0.2) is 4.79 Å². The van der Waals surface area contributed by atoms with Gasteiger partial charge in [-0.1, -0.05) is 0 Å². The molecular formula is C19H26N4O2. The highest BCUT2D eigenvalue weighted by Gasteiger charge is 2.18. The number of benzene rings is 2. The lowest BCUT2D eigenvalue weighted by Crippen LogP contribution is -2.30. The van der Waals surface area contributed by atoms with E-state index >= 15 is 0 Å². The van der Waals surface area contributed by atoms with Gasteiger partial charge in [0.05, 0.1) is 7.11 Å². The third kappa shape index (κ3) is 6.25. The first kappa shape index (κ1) is 18.4. The predicted molar refractivity (Wildman–Crippen MR) is 103 cm³/mol. The normalized spacial score (nSPS) is 11.6. The Hall–Kier alpha value is -2.89. The number of rotatable bonds is 9. The molecule has 1 atom stereocenters. The summed E-state index contributed by atoms with van der Waals surface area (Å²) in [5.74, 6) is -0.261. The number of ether oxygens (including phenoxy) is 1. The summed E-state index contributed by atoms with van der Waals surface area (Å²) in [5.41, 5.74) is 14.7. The summed E-state index contributed by atoms with van der Waals surface area (Å²) in [4.78, 5) is 12.0. The summed E-state index contributed by atoms with van der Waals surface area (Å²) < 4.78 is 4.89. The molecule has 0 heterocycles. The van der Waals surface area contributed by atoms with Gasteiger partial charge in [0, 0.05) is 29.3 Å². The fourth-order valence-electron chi connectivity index (χ4n) is 2.48. The zero-order valence-electron chi connectivity index (χ0n) is 14.5. The molecule has 0 saturated heterocycles. The second-order valence-electron chi connectivity index (χ2n) is 5.89. The molecule has 25 heavy (non-hydrogen) atoms. The van der Waals surface area contributed by atoms with Crippen molar-refractivity contribution in [1.29, 1.82) is 0 Å². The highest BCUT2D eigenvalue weighted by atomic mass is 16.5. The molecule has 0 amide bonds. The average molecular weight is 342 g/mol. The predicted octanol–water partition coefficient (Wildman–Crippen LogP) is 3.09. The van der Waals surface area contributed by atoms with E-state index < -0.39 is 0 Å². The van der Waals surface area contributed by atoms with Crippen LogP contribution in [0.1, 0.15) is 19.3 Å². The lowest BCUT2D eigenvalue weighted by Gasteiger charge is -2.18. The molecule has 0 aliphatic heterocycles. The van der Waals surface area contributed by atoms with Crippen molar-refractivity contribution in [3.63, 3.8) is 0 Å². The molecule has 0 aliphatic carbocycles. The Balaban J connectivity index is 1.76. The molecule has 6 nitrogen and oxygen atoms in total. The van der Waals surface area contributed by atoms with Crippen LogP contribution in [0, 0.1) is 0 Å². The molecule has 0 bridgehead atoms. The Morgan fingerprint density at radius 2 is 1.52 bits per heavy atom. The van der Waals surface area contributed by atoms with Crippen molar-refractivity contribution < 1.29 is 9.53 Å². The van der Waals surface area contributed by atoms with Crippen LogP contribution in [-0.4, -0.2) is 25.7 Å². The monoisotopic (exact) mass is 342 g/mol. The molecule has 0 spiro atoms. The van der Waals surface area contributed by atoms with Gasteiger partial charge in [-0.2, -0.15) is 0 Å². The SMILES string of the molecule is COC(=O)C(CCCCNc1ccc(N)cc1)Nc1ccc(N)cc1. The molecule has 0 aliphatic rings. The third-order valence-electron chi connectivity index (χ3n) is 3.90. The standard InChI is InChI=1S/C19H26N4O2/c1-25-19(24)18(23-17-11-7-15(21)8-12-17)4-2-3-13-22-16-9-5-14(20)6-10-16/h5-12,18,22-23H,2-4,13,20-21H2,1H3. The van der Waals surface area contributed by atoms with Crippen LogP contribution in [0.25, 0.3) is 0 Å². The summed E-state index contributed by atoms with van der Waals surface area (Å²) in [6.07, 6.45) is 2.53. The third-order valence-corrected chi connectivity index (χ3v) is 3.90. The number of nitrogen functional groups attached to an aromatic ring is 2. The second-order valence-corrected chi connectivity index (χ2v) is 5.89. The van der Waals surface area contributed by atoms with Gasteiger partial charge in [0.15, 0.2) is 0 Å². The number of carbonyl (C=O) groups excluding carboxylic acids is 1. The molecule has 1 unspecified atom stereocenters. The van der Waals surface area contributed by atoms with E-state index in [4.69, 9.17) is 16.2 Å². The molecule has 134 valence electrons. The minimum absolute atomic E-state index is 0.261. The minimum Gasteiger partial charge on any atom is -0.467 e. The van der Waals surface area contributed by atoms with Crippen molar-refractivity contribution >= 4 is 28.7 Å². The van der Waals surface area contributed by atoms with E-state index in [0.717, 1.165) is 36.4 Å². The van der Waals surface area contributed by atoms with E-state index in [1.54, 1.807) is 12.1 Å². The molecule has 0 fully saturated rings. The molecule has 0 radical (unpaired) electrons. The van der Waals surface area contributed by atoms with Crippen LogP contribution >= 0.6 is 0 Å². The van der Waals surface area contributed by atoms with Crippen LogP contribution in [0.15, 0.2) is 48.5 Å². The van der Waals surface area contributed by atoms with Crippen LogP contribution in [0.4, 0.5) is 22.7 Å². The Bertz CT molecular complexity index is 656. The van der Waals surface area contributed by atoms with Crippen molar-refractivity contribution in [1.82, 2.24) is 0 Å². The van der Waals surface area contributed by atoms with Crippen molar-refractivity contribution in [2.24, 2.45) is 0 Å². The quantitative estimate of drug-likeness (QED) is 0.317. The number of hydrogen-bond donors (Lipinski definition) is 4. The Labute approximate surface area is 148 Å². The van der Waals surface area contributed by atoms with Gasteiger partial charge >= 0.3 is 5.97 Å². The number of esters is 1. The van der Waals surface area contributed by atoms with E-state index in [9.17, 15) is 4.79 Å². The van der Waals surface area contributed by atoms with Crippen LogP contribution in [0.2, 0.25) is 0 Å². The fourth-order valence-corrected chi connectivity index (χ4v) is 2.48. The summed E-state index contributed by atoms with van der Waals surface area (Å²) in [5, 5.41) is 6.55. The topological polar surface area (TPSA) is 102 Å². The maximum atomic E-state index is 12.0. The molecule has 6 N–H and O–H groups in total. The zero-order chi connectivity index (χ0) is 18.1. The maximum Gasteiger partial charge on any atom is 0.328 e. The van der Waals surface area contributed by atoms with E-state index in [0.29, 0.717) is 12.1 Å². The van der Waals surface area contributed by atoms with Gasteiger partial charge in [-0.15, -0.1) is 0 Å². The van der Waals surface area contributed by atoms with Crippen molar-refractivity contribution in [3.05, 3.63) is 48.5 Å². The molecule has 2 rings (SSSR count). The first-order valence-electron chi connectivity index (χ1n) is 8.38. The smallest absolute Gasteiger partial charge is 0.328 e. The number of unbranched alkanes of at least 4 members (excludes halogenated alkanes) is 1. The Morgan fingerprint density at radius 3 is 2.08 bits per heavy atom. The Kier molecular flexibility index (Phi) is 6.95. The number of nitrogens with one attached hydrogen (secondary N) is 2. The maximum absolute atomic E-state index is 12.0.